The van der Waals surface area contributed by atoms with Crippen molar-refractivity contribution in [2.45, 2.75) is 5.66 Å². The van der Waals surface area contributed by atoms with Crippen LogP contribution >= 0.6 is 0 Å². The second-order valence-electron chi connectivity index (χ2n) is 3.47. The number of carboxylic acid groups (broad SMARTS) is 1. The van der Waals surface area contributed by atoms with Crippen LogP contribution in [0.2, 0.25) is 0 Å². The van der Waals surface area contributed by atoms with Crippen LogP contribution in [0.25, 0.3) is 0 Å². The molecule has 0 amide bonds. The van der Waals surface area contributed by atoms with Crippen LogP contribution in [-0.4, -0.2) is 16.7 Å². The molecule has 16 heavy (non-hydrogen) atoms. The molecule has 1 aromatic carbocycles. The van der Waals surface area contributed by atoms with Gasteiger partial charge in [-0.3, -0.25) is 0 Å². The zero-order valence-electron chi connectivity index (χ0n) is 8.55. The van der Waals surface area contributed by atoms with Crippen LogP contribution in [0.3, 0.4) is 0 Å². The van der Waals surface area contributed by atoms with Gasteiger partial charge in [0.1, 0.15) is 0 Å². The van der Waals surface area contributed by atoms with Crippen molar-refractivity contribution < 1.29 is 9.90 Å². The fraction of sp³-hybridized carbons (Fsp3) is 0.0833. The molecular weight excluding hydrogens is 204 g/mol. The van der Waals surface area contributed by atoms with E-state index in [1.165, 1.54) is 0 Å². The molecule has 4 heteroatoms. The van der Waals surface area contributed by atoms with Crippen molar-refractivity contribution in [1.29, 1.82) is 0 Å². The third-order valence-electron chi connectivity index (χ3n) is 2.32. The third kappa shape index (κ3) is 1.91. The van der Waals surface area contributed by atoms with Crippen molar-refractivity contribution in [1.82, 2.24) is 5.32 Å². The molecule has 1 aromatic rings. The molecule has 0 fully saturated rings. The zero-order chi connectivity index (χ0) is 11.4. The normalized spacial score (nSPS) is 22.5. The summed E-state index contributed by atoms with van der Waals surface area (Å²) in [6.07, 6.45) is 6.61. The Balaban J connectivity index is 2.25. The Hall–Kier alpha value is -2.23. The molecule has 1 aliphatic heterocycles. The second-order valence-corrected chi connectivity index (χ2v) is 3.47. The molecule has 1 heterocycles. The van der Waals surface area contributed by atoms with Crippen LogP contribution in [0.5, 0.6) is 0 Å². The lowest BCUT2D eigenvalue weighted by Crippen LogP contribution is -2.55. The van der Waals surface area contributed by atoms with Gasteiger partial charge >= 0.3 is 5.97 Å². The summed E-state index contributed by atoms with van der Waals surface area (Å²) in [5.74, 6) is -0.975. The molecule has 0 spiro atoms. The lowest BCUT2D eigenvalue weighted by molar-refractivity contribution is -0.141. The molecule has 1 unspecified atom stereocenters. The van der Waals surface area contributed by atoms with Gasteiger partial charge in [0.2, 0.25) is 5.66 Å². The quantitative estimate of drug-likeness (QED) is 0.717. The maximum atomic E-state index is 11.3. The summed E-state index contributed by atoms with van der Waals surface area (Å²) in [4.78, 5) is 11.3. The Bertz CT molecular complexity index is 440. The average Bonchev–Trinajstić information content (AvgIpc) is 2.31. The molecular formula is C12H12N2O2. The molecule has 82 valence electrons. The topological polar surface area (TPSA) is 61.4 Å². The minimum absolute atomic E-state index is 0.748. The SMILES string of the molecule is O=C(O)C1(Nc2ccccc2)C=CC=CN1. The van der Waals surface area contributed by atoms with Gasteiger partial charge in [-0.2, -0.15) is 0 Å². The van der Waals surface area contributed by atoms with E-state index in [4.69, 9.17) is 0 Å². The Kier molecular flexibility index (Phi) is 2.64. The van der Waals surface area contributed by atoms with Gasteiger partial charge in [0, 0.05) is 5.69 Å². The molecule has 1 aliphatic rings. The molecule has 0 aromatic heterocycles. The number of aliphatic carboxylic acids is 1. The van der Waals surface area contributed by atoms with Crippen molar-refractivity contribution in [2.24, 2.45) is 0 Å². The van der Waals surface area contributed by atoms with Crippen LogP contribution in [0, 0.1) is 0 Å². The Morgan fingerprint density at radius 1 is 1.25 bits per heavy atom. The van der Waals surface area contributed by atoms with E-state index in [0.717, 1.165) is 5.69 Å². The highest BCUT2D eigenvalue weighted by Crippen LogP contribution is 2.16. The fourth-order valence-corrected chi connectivity index (χ4v) is 1.50. The number of carboxylic acids is 1. The van der Waals surface area contributed by atoms with Crippen LogP contribution in [0.15, 0.2) is 54.8 Å². The van der Waals surface area contributed by atoms with E-state index >= 15 is 0 Å². The third-order valence-corrected chi connectivity index (χ3v) is 2.32. The molecule has 0 bridgehead atoms. The van der Waals surface area contributed by atoms with Gasteiger partial charge in [0.25, 0.3) is 0 Å². The number of rotatable bonds is 3. The van der Waals surface area contributed by atoms with E-state index in [9.17, 15) is 9.90 Å². The van der Waals surface area contributed by atoms with Crippen LogP contribution < -0.4 is 10.6 Å². The number of para-hydroxylation sites is 1. The fourth-order valence-electron chi connectivity index (χ4n) is 1.50. The van der Waals surface area contributed by atoms with E-state index in [1.807, 2.05) is 30.3 Å². The number of dihydropyridines is 1. The predicted molar refractivity (Wildman–Crippen MR) is 61.8 cm³/mol. The smallest absolute Gasteiger partial charge is 0.354 e. The van der Waals surface area contributed by atoms with Gasteiger partial charge in [-0.15, -0.1) is 0 Å². The summed E-state index contributed by atoms with van der Waals surface area (Å²) in [6.45, 7) is 0. The molecule has 0 aliphatic carbocycles. The molecule has 3 N–H and O–H groups in total. The minimum Gasteiger partial charge on any atom is -0.478 e. The molecule has 4 nitrogen and oxygen atoms in total. The number of nitrogens with one attached hydrogen (secondary N) is 2. The van der Waals surface area contributed by atoms with Gasteiger partial charge in [0.05, 0.1) is 0 Å². The first-order chi connectivity index (χ1) is 7.73. The predicted octanol–water partition coefficient (Wildman–Crippen LogP) is 1.55. The number of hydrogen-bond acceptors (Lipinski definition) is 3. The maximum Gasteiger partial charge on any atom is 0.354 e. The second kappa shape index (κ2) is 4.10. The van der Waals surface area contributed by atoms with Gasteiger partial charge in [-0.1, -0.05) is 24.3 Å². The van der Waals surface area contributed by atoms with Crippen LogP contribution in [0.4, 0.5) is 5.69 Å². The first kappa shape index (κ1) is 10.3. The lowest BCUT2D eigenvalue weighted by Gasteiger charge is -2.30. The maximum absolute atomic E-state index is 11.3. The highest BCUT2D eigenvalue weighted by atomic mass is 16.4. The Morgan fingerprint density at radius 2 is 2.00 bits per heavy atom. The summed E-state index contributed by atoms with van der Waals surface area (Å²) in [7, 11) is 0. The minimum atomic E-state index is -1.27. The average molecular weight is 216 g/mol. The van der Waals surface area contributed by atoms with E-state index in [-0.39, 0.29) is 0 Å². The van der Waals surface area contributed by atoms with E-state index < -0.39 is 11.6 Å². The lowest BCUT2D eigenvalue weighted by atomic mass is 10.1. The first-order valence-corrected chi connectivity index (χ1v) is 4.92. The molecule has 1 atom stereocenters. The Labute approximate surface area is 93.3 Å². The molecule has 0 radical (unpaired) electrons. The monoisotopic (exact) mass is 216 g/mol. The standard InChI is InChI=1S/C12H12N2O2/c15-11(16)12(8-4-5-9-13-12)14-10-6-2-1-3-7-10/h1-9,13-14H,(H,15,16). The summed E-state index contributed by atoms with van der Waals surface area (Å²) >= 11 is 0. The van der Waals surface area contributed by atoms with Crippen LogP contribution in [-0.2, 0) is 4.79 Å². The summed E-state index contributed by atoms with van der Waals surface area (Å²) in [5.41, 5.74) is -0.520. The van der Waals surface area contributed by atoms with Crippen molar-refractivity contribution >= 4 is 11.7 Å². The molecule has 2 rings (SSSR count). The largest absolute Gasteiger partial charge is 0.478 e. The van der Waals surface area contributed by atoms with Crippen molar-refractivity contribution in [3.8, 4) is 0 Å². The Morgan fingerprint density at radius 3 is 2.56 bits per heavy atom. The highest BCUT2D eigenvalue weighted by Gasteiger charge is 2.35. The van der Waals surface area contributed by atoms with Gasteiger partial charge in [-0.25, -0.2) is 4.79 Å². The molecule has 0 saturated heterocycles. The number of hydrogen-bond donors (Lipinski definition) is 3. The van der Waals surface area contributed by atoms with E-state index in [1.54, 1.807) is 24.4 Å². The van der Waals surface area contributed by atoms with Crippen molar-refractivity contribution in [3.05, 3.63) is 54.8 Å². The zero-order valence-corrected chi connectivity index (χ0v) is 8.55. The number of anilines is 1. The van der Waals surface area contributed by atoms with Crippen LogP contribution in [0.1, 0.15) is 0 Å². The van der Waals surface area contributed by atoms with E-state index in [0.29, 0.717) is 0 Å². The summed E-state index contributed by atoms with van der Waals surface area (Å²) < 4.78 is 0. The number of allylic oxidation sites excluding steroid dienone is 2. The molecule has 0 saturated carbocycles. The number of benzene rings is 1. The van der Waals surface area contributed by atoms with Gasteiger partial charge in [0.15, 0.2) is 0 Å². The van der Waals surface area contributed by atoms with Crippen molar-refractivity contribution in [3.63, 3.8) is 0 Å². The number of carbonyl (C=O) groups is 1. The van der Waals surface area contributed by atoms with E-state index in [2.05, 4.69) is 10.6 Å². The summed E-state index contributed by atoms with van der Waals surface area (Å²) in [6, 6.07) is 9.21. The van der Waals surface area contributed by atoms with Gasteiger partial charge in [-0.05, 0) is 30.5 Å². The first-order valence-electron chi connectivity index (χ1n) is 4.92. The highest BCUT2D eigenvalue weighted by molar-refractivity contribution is 5.85. The van der Waals surface area contributed by atoms with Gasteiger partial charge < -0.3 is 15.7 Å². The van der Waals surface area contributed by atoms with Crippen molar-refractivity contribution in [2.75, 3.05) is 5.32 Å². The summed E-state index contributed by atoms with van der Waals surface area (Å²) in [5, 5.41) is 15.0.